The molecule has 0 aliphatic rings. The van der Waals surface area contributed by atoms with E-state index in [0.717, 1.165) is 0 Å². The van der Waals surface area contributed by atoms with Gasteiger partial charge in [-0.05, 0) is 31.2 Å². The molecule has 0 radical (unpaired) electrons. The number of para-hydroxylation sites is 2. The van der Waals surface area contributed by atoms with Crippen LogP contribution in [0.3, 0.4) is 0 Å². The number of nitrogens with zero attached hydrogens (tertiary/aromatic N) is 6. The molecule has 0 aliphatic carbocycles. The first-order valence-electron chi connectivity index (χ1n) is 10.3. The Bertz CT molecular complexity index is 1510. The minimum Gasteiger partial charge on any atom is -0.421 e. The van der Waals surface area contributed by atoms with Crippen molar-refractivity contribution in [3.05, 3.63) is 83.0 Å². The zero-order chi connectivity index (χ0) is 22.9. The number of aryl methyl sites for hydroxylation is 1. The molecule has 0 amide bonds. The zero-order valence-electron chi connectivity index (χ0n) is 17.9. The highest BCUT2D eigenvalue weighted by atomic mass is 16.4. The molecule has 0 saturated heterocycles. The summed E-state index contributed by atoms with van der Waals surface area (Å²) in [6.07, 6.45) is 1.34. The number of nitrogens with two attached hydrogens (primary N) is 1. The SMILES string of the molecule is Cc1nnc(-c2c(N)ncnc2N[C@@H](C)c2nc3ccccc3c(=O)n2-c2ccccc2)o1. The molecule has 3 N–H and O–H groups in total. The molecule has 0 fully saturated rings. The highest BCUT2D eigenvalue weighted by molar-refractivity contribution is 5.79. The van der Waals surface area contributed by atoms with Gasteiger partial charge in [-0.1, -0.05) is 30.3 Å². The number of anilines is 2. The molecule has 5 rings (SSSR count). The van der Waals surface area contributed by atoms with Gasteiger partial charge in [-0.2, -0.15) is 0 Å². The van der Waals surface area contributed by atoms with E-state index in [2.05, 4.69) is 25.5 Å². The van der Waals surface area contributed by atoms with Gasteiger partial charge in [0.05, 0.1) is 22.6 Å². The van der Waals surface area contributed by atoms with Crippen LogP contribution in [-0.4, -0.2) is 29.7 Å². The summed E-state index contributed by atoms with van der Waals surface area (Å²) in [6, 6.07) is 16.2. The van der Waals surface area contributed by atoms with Crippen LogP contribution in [0.5, 0.6) is 0 Å². The maximum absolute atomic E-state index is 13.5. The van der Waals surface area contributed by atoms with Gasteiger partial charge < -0.3 is 15.5 Å². The maximum Gasteiger partial charge on any atom is 0.266 e. The Morgan fingerprint density at radius 1 is 1.03 bits per heavy atom. The van der Waals surface area contributed by atoms with Gasteiger partial charge in [0, 0.05) is 6.92 Å². The van der Waals surface area contributed by atoms with Crippen LogP contribution >= 0.6 is 0 Å². The van der Waals surface area contributed by atoms with Crippen molar-refractivity contribution in [1.82, 2.24) is 29.7 Å². The fourth-order valence-electron chi connectivity index (χ4n) is 3.65. The molecule has 164 valence electrons. The standard InChI is InChI=1S/C23H20N8O2/c1-13(27-20-18(19(24)25-12-26-20)22-30-29-14(2)33-22)21-28-17-11-7-6-10-16(17)23(32)31(21)15-8-4-3-5-9-15/h3-13H,1-2H3,(H3,24,25,26,27)/t13-/m0/s1. The Kier molecular flexibility index (Phi) is 5.02. The van der Waals surface area contributed by atoms with Gasteiger partial charge in [-0.3, -0.25) is 9.36 Å². The second kappa shape index (κ2) is 8.15. The first-order chi connectivity index (χ1) is 16.0. The summed E-state index contributed by atoms with van der Waals surface area (Å²) in [5.41, 5.74) is 7.65. The average molecular weight is 440 g/mol. The van der Waals surface area contributed by atoms with Crippen molar-refractivity contribution in [3.63, 3.8) is 0 Å². The summed E-state index contributed by atoms with van der Waals surface area (Å²) in [6.45, 7) is 3.57. The van der Waals surface area contributed by atoms with E-state index in [1.165, 1.54) is 6.33 Å². The van der Waals surface area contributed by atoms with Crippen LogP contribution in [0.15, 0.2) is 70.1 Å². The number of hydrogen-bond acceptors (Lipinski definition) is 9. The van der Waals surface area contributed by atoms with Gasteiger partial charge in [0.2, 0.25) is 5.89 Å². The Morgan fingerprint density at radius 3 is 2.55 bits per heavy atom. The fourth-order valence-corrected chi connectivity index (χ4v) is 3.65. The Hall–Kier alpha value is -4.60. The predicted molar refractivity (Wildman–Crippen MR) is 124 cm³/mol. The first kappa shape index (κ1) is 20.3. The molecule has 0 aliphatic heterocycles. The second-order valence-corrected chi connectivity index (χ2v) is 7.44. The molecule has 0 spiro atoms. The van der Waals surface area contributed by atoms with Crippen molar-refractivity contribution >= 4 is 22.5 Å². The molecule has 10 heteroatoms. The molecule has 10 nitrogen and oxygen atoms in total. The van der Waals surface area contributed by atoms with E-state index in [1.807, 2.05) is 55.5 Å². The number of rotatable bonds is 5. The lowest BCUT2D eigenvalue weighted by Crippen LogP contribution is -2.27. The van der Waals surface area contributed by atoms with Gasteiger partial charge >= 0.3 is 0 Å². The monoisotopic (exact) mass is 440 g/mol. The number of benzene rings is 2. The van der Waals surface area contributed by atoms with Crippen molar-refractivity contribution in [2.24, 2.45) is 0 Å². The molecule has 2 aromatic carbocycles. The second-order valence-electron chi connectivity index (χ2n) is 7.44. The quantitative estimate of drug-likeness (QED) is 0.421. The normalized spacial score (nSPS) is 12.1. The third-order valence-electron chi connectivity index (χ3n) is 5.17. The summed E-state index contributed by atoms with van der Waals surface area (Å²) >= 11 is 0. The molecule has 0 bridgehead atoms. The molecule has 0 unspecified atom stereocenters. The molecule has 33 heavy (non-hydrogen) atoms. The van der Waals surface area contributed by atoms with E-state index in [0.29, 0.717) is 39.7 Å². The van der Waals surface area contributed by atoms with Crippen LogP contribution in [0.2, 0.25) is 0 Å². The number of aromatic nitrogens is 6. The Balaban J connectivity index is 1.66. The first-order valence-corrected chi connectivity index (χ1v) is 10.3. The van der Waals surface area contributed by atoms with Gasteiger partial charge in [-0.25, -0.2) is 15.0 Å². The molecule has 1 atom stereocenters. The lowest BCUT2D eigenvalue weighted by Gasteiger charge is -2.21. The summed E-state index contributed by atoms with van der Waals surface area (Å²) < 4.78 is 7.15. The lowest BCUT2D eigenvalue weighted by atomic mass is 10.2. The molecular weight excluding hydrogens is 420 g/mol. The van der Waals surface area contributed by atoms with Crippen LogP contribution < -0.4 is 16.6 Å². The largest absolute Gasteiger partial charge is 0.421 e. The highest BCUT2D eigenvalue weighted by Crippen LogP contribution is 2.31. The highest BCUT2D eigenvalue weighted by Gasteiger charge is 2.22. The number of nitrogen functional groups attached to an aromatic ring is 1. The summed E-state index contributed by atoms with van der Waals surface area (Å²) in [5, 5.41) is 11.7. The summed E-state index contributed by atoms with van der Waals surface area (Å²) in [7, 11) is 0. The van der Waals surface area contributed by atoms with E-state index in [-0.39, 0.29) is 17.3 Å². The van der Waals surface area contributed by atoms with Crippen LogP contribution in [0.25, 0.3) is 28.0 Å². The number of hydrogen-bond donors (Lipinski definition) is 2. The number of nitrogens with one attached hydrogen (secondary N) is 1. The minimum absolute atomic E-state index is 0.162. The molecule has 5 aromatic rings. The Morgan fingerprint density at radius 2 is 1.79 bits per heavy atom. The van der Waals surface area contributed by atoms with Gasteiger partial charge in [0.25, 0.3) is 11.4 Å². The van der Waals surface area contributed by atoms with E-state index in [4.69, 9.17) is 15.1 Å². The summed E-state index contributed by atoms with van der Waals surface area (Å²) in [4.78, 5) is 26.7. The van der Waals surface area contributed by atoms with Crippen LogP contribution in [0, 0.1) is 6.92 Å². The molecule has 0 saturated carbocycles. The van der Waals surface area contributed by atoms with Crippen LogP contribution in [0.4, 0.5) is 11.6 Å². The smallest absolute Gasteiger partial charge is 0.266 e. The lowest BCUT2D eigenvalue weighted by molar-refractivity contribution is 0.532. The molecule has 3 heterocycles. The zero-order valence-corrected chi connectivity index (χ0v) is 17.9. The molecular formula is C23H20N8O2. The van der Waals surface area contributed by atoms with Crippen LogP contribution in [0.1, 0.15) is 24.7 Å². The minimum atomic E-state index is -0.445. The third kappa shape index (κ3) is 3.67. The van der Waals surface area contributed by atoms with Crippen molar-refractivity contribution in [2.75, 3.05) is 11.1 Å². The average Bonchev–Trinajstić information content (AvgIpc) is 3.25. The van der Waals surface area contributed by atoms with Crippen molar-refractivity contribution < 1.29 is 4.42 Å². The van der Waals surface area contributed by atoms with Gasteiger partial charge in [0.15, 0.2) is 0 Å². The van der Waals surface area contributed by atoms with Crippen molar-refractivity contribution in [3.8, 4) is 17.1 Å². The molecule has 3 aromatic heterocycles. The maximum atomic E-state index is 13.5. The van der Waals surface area contributed by atoms with Crippen LogP contribution in [-0.2, 0) is 0 Å². The summed E-state index contributed by atoms with van der Waals surface area (Å²) in [5.74, 6) is 1.68. The number of fused-ring (bicyclic) bond motifs is 1. The van der Waals surface area contributed by atoms with Gasteiger partial charge in [-0.15, -0.1) is 10.2 Å². The fraction of sp³-hybridized carbons (Fsp3) is 0.130. The van der Waals surface area contributed by atoms with Gasteiger partial charge in [0.1, 0.15) is 29.4 Å². The third-order valence-corrected chi connectivity index (χ3v) is 5.17. The van der Waals surface area contributed by atoms with Crippen molar-refractivity contribution in [2.45, 2.75) is 19.9 Å². The van der Waals surface area contributed by atoms with E-state index in [1.54, 1.807) is 17.6 Å². The van der Waals surface area contributed by atoms with E-state index >= 15 is 0 Å². The van der Waals surface area contributed by atoms with E-state index in [9.17, 15) is 4.79 Å². The predicted octanol–water partition coefficient (Wildman–Crippen LogP) is 3.29. The topological polar surface area (TPSA) is 138 Å². The van der Waals surface area contributed by atoms with Crippen molar-refractivity contribution in [1.29, 1.82) is 0 Å². The van der Waals surface area contributed by atoms with E-state index < -0.39 is 6.04 Å². The Labute approximate surface area is 188 Å².